The van der Waals surface area contributed by atoms with E-state index in [4.69, 9.17) is 11.6 Å². The van der Waals surface area contributed by atoms with Gasteiger partial charge in [0.15, 0.2) is 0 Å². The van der Waals surface area contributed by atoms with Gasteiger partial charge in [-0.15, -0.1) is 0 Å². The molecule has 1 N–H and O–H groups in total. The number of halogens is 1. The molecule has 2 aliphatic rings. The van der Waals surface area contributed by atoms with Crippen molar-refractivity contribution in [1.29, 1.82) is 0 Å². The van der Waals surface area contributed by atoms with E-state index in [-0.39, 0.29) is 12.1 Å². The summed E-state index contributed by atoms with van der Waals surface area (Å²) in [6.45, 7) is 3.76. The van der Waals surface area contributed by atoms with Crippen LogP contribution in [0.1, 0.15) is 12.8 Å². The van der Waals surface area contributed by atoms with Crippen LogP contribution in [0.4, 0.5) is 10.5 Å². The molecule has 0 unspecified atom stereocenters. The smallest absolute Gasteiger partial charge is 0.317 e. The third-order valence-corrected chi connectivity index (χ3v) is 6.53. The molecule has 0 saturated carbocycles. The summed E-state index contributed by atoms with van der Waals surface area (Å²) in [6.07, 6.45) is 2.54. The number of urea groups is 1. The number of nitrogens with zero attached hydrogens (tertiary/aromatic N) is 3. The zero-order valence-electron chi connectivity index (χ0n) is 14.9. The topological polar surface area (TPSA) is 73.0 Å². The van der Waals surface area contributed by atoms with Crippen molar-refractivity contribution in [2.24, 2.45) is 0 Å². The van der Waals surface area contributed by atoms with Crippen LogP contribution in [0, 0.1) is 0 Å². The van der Waals surface area contributed by atoms with Gasteiger partial charge in [-0.3, -0.25) is 0 Å². The summed E-state index contributed by atoms with van der Waals surface area (Å²) < 4.78 is 24.6. The van der Waals surface area contributed by atoms with Gasteiger partial charge in [-0.1, -0.05) is 17.7 Å². The lowest BCUT2D eigenvalue weighted by Crippen LogP contribution is -2.55. The molecule has 2 saturated heterocycles. The van der Waals surface area contributed by atoms with E-state index in [1.807, 2.05) is 29.2 Å². The first-order chi connectivity index (χ1) is 12.3. The number of amides is 2. The van der Waals surface area contributed by atoms with Crippen LogP contribution in [0.15, 0.2) is 24.3 Å². The summed E-state index contributed by atoms with van der Waals surface area (Å²) >= 11 is 6.05. The van der Waals surface area contributed by atoms with Gasteiger partial charge < -0.3 is 15.1 Å². The minimum atomic E-state index is -3.14. The lowest BCUT2D eigenvalue weighted by atomic mass is 10.1. The third-order valence-electron chi connectivity index (χ3n) is 4.99. The molecule has 0 bridgehead atoms. The fourth-order valence-electron chi connectivity index (χ4n) is 3.44. The molecule has 2 amide bonds. The third kappa shape index (κ3) is 4.81. The van der Waals surface area contributed by atoms with Crippen LogP contribution in [-0.2, 0) is 10.0 Å². The normalized spacial score (nSPS) is 20.2. The number of hydrogen-bond donors (Lipinski definition) is 1. The number of piperidine rings is 1. The standard InChI is InChI=1S/C17H25ClN4O3S/c1-26(24,25)22-7-5-15(6-8-22)19-17(23)21-11-9-20(10-12-21)16-4-2-3-14(18)13-16/h2-4,13,15H,5-12H2,1H3,(H,19,23). The van der Waals surface area contributed by atoms with Crippen molar-refractivity contribution >= 4 is 33.3 Å². The van der Waals surface area contributed by atoms with Gasteiger partial charge in [-0.25, -0.2) is 17.5 Å². The molecule has 1 aromatic carbocycles. The van der Waals surface area contributed by atoms with Crippen LogP contribution in [0.25, 0.3) is 0 Å². The van der Waals surface area contributed by atoms with E-state index in [1.54, 1.807) is 0 Å². The molecule has 0 atom stereocenters. The number of sulfonamides is 1. The Morgan fingerprint density at radius 2 is 1.77 bits per heavy atom. The van der Waals surface area contributed by atoms with E-state index in [9.17, 15) is 13.2 Å². The van der Waals surface area contributed by atoms with Gasteiger partial charge in [0.25, 0.3) is 0 Å². The molecule has 1 aromatic rings. The number of benzene rings is 1. The number of anilines is 1. The average molecular weight is 401 g/mol. The molecule has 144 valence electrons. The predicted molar refractivity (Wildman–Crippen MR) is 103 cm³/mol. The highest BCUT2D eigenvalue weighted by Gasteiger charge is 2.28. The van der Waals surface area contributed by atoms with E-state index < -0.39 is 10.0 Å². The van der Waals surface area contributed by atoms with Crippen LogP contribution in [-0.4, -0.2) is 75.2 Å². The Labute approximate surface area is 159 Å². The van der Waals surface area contributed by atoms with E-state index in [2.05, 4.69) is 10.2 Å². The first-order valence-corrected chi connectivity index (χ1v) is 11.1. The van der Waals surface area contributed by atoms with Crippen LogP contribution < -0.4 is 10.2 Å². The second-order valence-corrected chi connectivity index (χ2v) is 9.26. The Morgan fingerprint density at radius 1 is 1.12 bits per heavy atom. The second-order valence-electron chi connectivity index (χ2n) is 6.84. The first-order valence-electron chi connectivity index (χ1n) is 8.84. The lowest BCUT2D eigenvalue weighted by molar-refractivity contribution is 0.184. The Morgan fingerprint density at radius 3 is 2.35 bits per heavy atom. The molecule has 0 spiro atoms. The van der Waals surface area contributed by atoms with Crippen molar-refractivity contribution in [2.45, 2.75) is 18.9 Å². The van der Waals surface area contributed by atoms with Gasteiger partial charge in [-0.2, -0.15) is 0 Å². The minimum Gasteiger partial charge on any atom is -0.368 e. The number of nitrogens with one attached hydrogen (secondary N) is 1. The predicted octanol–water partition coefficient (Wildman–Crippen LogP) is 1.60. The van der Waals surface area contributed by atoms with Gasteiger partial charge in [0.05, 0.1) is 6.26 Å². The quantitative estimate of drug-likeness (QED) is 0.836. The van der Waals surface area contributed by atoms with Crippen molar-refractivity contribution in [1.82, 2.24) is 14.5 Å². The zero-order chi connectivity index (χ0) is 18.7. The average Bonchev–Trinajstić information content (AvgIpc) is 2.61. The number of carbonyl (C=O) groups is 1. The van der Waals surface area contributed by atoms with E-state index in [0.717, 1.165) is 18.8 Å². The van der Waals surface area contributed by atoms with Gasteiger partial charge >= 0.3 is 6.03 Å². The first kappa shape index (κ1) is 19.3. The summed E-state index contributed by atoms with van der Waals surface area (Å²) in [6, 6.07) is 7.72. The largest absolute Gasteiger partial charge is 0.368 e. The van der Waals surface area contributed by atoms with E-state index in [1.165, 1.54) is 10.6 Å². The SMILES string of the molecule is CS(=O)(=O)N1CCC(NC(=O)N2CCN(c3cccc(Cl)c3)CC2)CC1. The number of rotatable bonds is 3. The molecular weight excluding hydrogens is 376 g/mol. The van der Waals surface area contributed by atoms with Crippen molar-refractivity contribution < 1.29 is 13.2 Å². The van der Waals surface area contributed by atoms with E-state index in [0.29, 0.717) is 44.0 Å². The van der Waals surface area contributed by atoms with E-state index >= 15 is 0 Å². The molecule has 0 radical (unpaired) electrons. The van der Waals surface area contributed by atoms with Gasteiger partial charge in [0.2, 0.25) is 10.0 Å². The van der Waals surface area contributed by atoms with Crippen LogP contribution >= 0.6 is 11.6 Å². The molecule has 0 aromatic heterocycles. The molecule has 2 aliphatic heterocycles. The Balaban J connectivity index is 1.46. The van der Waals surface area contributed by atoms with Gasteiger partial charge in [0, 0.05) is 56.0 Å². The Hall–Kier alpha value is -1.51. The zero-order valence-corrected chi connectivity index (χ0v) is 16.5. The molecule has 0 aliphatic carbocycles. The molecular formula is C17H25ClN4O3S. The maximum atomic E-state index is 12.5. The van der Waals surface area contributed by atoms with Crippen molar-refractivity contribution in [2.75, 3.05) is 50.4 Å². The maximum Gasteiger partial charge on any atom is 0.317 e. The summed E-state index contributed by atoms with van der Waals surface area (Å²) in [4.78, 5) is 16.5. The Kier molecular flexibility index (Phi) is 5.94. The molecule has 9 heteroatoms. The number of piperazine rings is 1. The maximum absolute atomic E-state index is 12.5. The van der Waals surface area contributed by atoms with Gasteiger partial charge in [0.1, 0.15) is 0 Å². The van der Waals surface area contributed by atoms with Crippen molar-refractivity contribution in [3.63, 3.8) is 0 Å². The minimum absolute atomic E-state index is 0.0338. The van der Waals surface area contributed by atoms with Crippen LogP contribution in [0.2, 0.25) is 5.02 Å². The summed E-state index contributed by atoms with van der Waals surface area (Å²) in [5, 5.41) is 3.76. The van der Waals surface area contributed by atoms with Crippen molar-refractivity contribution in [3.8, 4) is 0 Å². The highest BCUT2D eigenvalue weighted by atomic mass is 35.5. The highest BCUT2D eigenvalue weighted by molar-refractivity contribution is 7.88. The number of hydrogen-bond acceptors (Lipinski definition) is 4. The molecule has 2 fully saturated rings. The van der Waals surface area contributed by atoms with Gasteiger partial charge in [-0.05, 0) is 31.0 Å². The second kappa shape index (κ2) is 8.02. The van der Waals surface area contributed by atoms with Crippen LogP contribution in [0.3, 0.4) is 0 Å². The summed E-state index contributed by atoms with van der Waals surface area (Å²) in [7, 11) is -3.14. The molecule has 26 heavy (non-hydrogen) atoms. The Bertz CT molecular complexity index is 742. The summed E-state index contributed by atoms with van der Waals surface area (Å²) in [5.41, 5.74) is 1.07. The fraction of sp³-hybridized carbons (Fsp3) is 0.588. The molecule has 2 heterocycles. The summed E-state index contributed by atoms with van der Waals surface area (Å²) in [5.74, 6) is 0. The number of carbonyl (C=O) groups excluding carboxylic acids is 1. The van der Waals surface area contributed by atoms with Crippen molar-refractivity contribution in [3.05, 3.63) is 29.3 Å². The lowest BCUT2D eigenvalue weighted by Gasteiger charge is -2.37. The molecule has 3 rings (SSSR count). The highest BCUT2D eigenvalue weighted by Crippen LogP contribution is 2.21. The van der Waals surface area contributed by atoms with Crippen LogP contribution in [0.5, 0.6) is 0 Å². The monoisotopic (exact) mass is 400 g/mol. The molecule has 7 nitrogen and oxygen atoms in total. The fourth-order valence-corrected chi connectivity index (χ4v) is 4.50.